The summed E-state index contributed by atoms with van der Waals surface area (Å²) < 4.78 is 3.91. The molecule has 0 aliphatic carbocycles. The number of benzene rings is 4. The van der Waals surface area contributed by atoms with Crippen molar-refractivity contribution in [1.82, 2.24) is 9.80 Å². The monoisotopic (exact) mass is 700 g/mol. The highest BCUT2D eigenvalue weighted by Crippen LogP contribution is 2.47. The summed E-state index contributed by atoms with van der Waals surface area (Å²) >= 11 is 0. The highest BCUT2D eigenvalue weighted by Gasteiger charge is 2.40. The smallest absolute Gasteiger partial charge is 0.261 e. The van der Waals surface area contributed by atoms with E-state index in [1.165, 1.54) is 9.80 Å². The molecule has 0 N–H and O–H groups in total. The number of aryl methyl sites for hydroxylation is 2. The van der Waals surface area contributed by atoms with E-state index in [1.807, 2.05) is 121 Å². The van der Waals surface area contributed by atoms with E-state index < -0.39 is 0 Å². The Morgan fingerprint density at radius 1 is 0.528 bits per heavy atom. The highest BCUT2D eigenvalue weighted by molar-refractivity contribution is 6.28. The Labute approximate surface area is 305 Å². The number of carbonyl (C=O) groups is 4. The Bertz CT molecular complexity index is 2440. The van der Waals surface area contributed by atoms with Gasteiger partial charge in [-0.2, -0.15) is 0 Å². The second kappa shape index (κ2) is 11.5. The summed E-state index contributed by atoms with van der Waals surface area (Å²) in [6.07, 6.45) is 8.99. The van der Waals surface area contributed by atoms with Crippen LogP contribution in [-0.4, -0.2) is 53.2 Å². The lowest BCUT2D eigenvalue weighted by molar-refractivity contribution is -0.671. The van der Waals surface area contributed by atoms with Gasteiger partial charge in [0.25, 0.3) is 23.6 Å². The molecule has 0 radical (unpaired) electrons. The van der Waals surface area contributed by atoms with Gasteiger partial charge < -0.3 is 9.80 Å². The van der Waals surface area contributed by atoms with Crippen LogP contribution in [0.15, 0.2) is 97.6 Å². The van der Waals surface area contributed by atoms with Gasteiger partial charge in [-0.25, -0.2) is 9.13 Å². The number of nitrogens with zero attached hydrogens (tertiary/aromatic N) is 6. The number of hydrogen-bond donors (Lipinski definition) is 0. The molecule has 4 aliphatic heterocycles. The lowest BCUT2D eigenvalue weighted by Crippen LogP contribution is -2.47. The van der Waals surface area contributed by atoms with Crippen LogP contribution in [0.25, 0.3) is 21.5 Å². The molecule has 10 heteroatoms. The van der Waals surface area contributed by atoms with Crippen molar-refractivity contribution in [3.8, 4) is 0 Å². The molecule has 0 unspecified atom stereocenters. The zero-order valence-electron chi connectivity index (χ0n) is 29.5. The van der Waals surface area contributed by atoms with Crippen LogP contribution in [-0.2, 0) is 40.0 Å². The standard InChI is InChI=1S/C43H36N6O4/c1-44-15-9-26(10-16-44)13-19-48-40(50)30-7-3-5-28-34-23-47-25-46(36(34)21-32(38(28)30)42(48)52)24-35-29-6-4-8-31-39(29)33(22-37(35)47)43(53)49(41(31)51)20-14-27-11-17-45(2)18-12-27/h3-12,15-18,21-22H,13-14,19-20,23-25H2,1-2H3/q+2. The molecular formula is C43H36N6O4+2. The largest absolute Gasteiger partial charge is 0.349 e. The molecule has 10 nitrogen and oxygen atoms in total. The third-order valence-electron chi connectivity index (χ3n) is 11.5. The van der Waals surface area contributed by atoms with Crippen molar-refractivity contribution >= 4 is 56.5 Å². The zero-order chi connectivity index (χ0) is 36.1. The fraction of sp³-hybridized carbons (Fsp3) is 0.209. The number of rotatable bonds is 6. The molecule has 2 aromatic heterocycles. The maximum atomic E-state index is 14.2. The maximum absolute atomic E-state index is 14.2. The van der Waals surface area contributed by atoms with Crippen LogP contribution in [0.2, 0.25) is 0 Å². The van der Waals surface area contributed by atoms with Crippen LogP contribution in [0, 0.1) is 0 Å². The van der Waals surface area contributed by atoms with Crippen molar-refractivity contribution in [3.05, 3.63) is 142 Å². The van der Waals surface area contributed by atoms with Crippen molar-refractivity contribution in [2.45, 2.75) is 25.9 Å². The molecule has 4 aliphatic rings. The van der Waals surface area contributed by atoms with Crippen LogP contribution >= 0.6 is 0 Å². The fourth-order valence-electron chi connectivity index (χ4n) is 8.71. The molecule has 10 rings (SSSR count). The second-order valence-corrected chi connectivity index (χ2v) is 14.6. The first-order valence-electron chi connectivity index (χ1n) is 18.0. The Kier molecular flexibility index (Phi) is 6.82. The maximum Gasteiger partial charge on any atom is 0.261 e. The first-order valence-corrected chi connectivity index (χ1v) is 18.0. The lowest BCUT2D eigenvalue weighted by atomic mass is 9.86. The number of imide groups is 2. The first kappa shape index (κ1) is 31.3. The third kappa shape index (κ3) is 4.71. The summed E-state index contributed by atoms with van der Waals surface area (Å²) in [4.78, 5) is 63.4. The Hall–Kier alpha value is -6.42. The Morgan fingerprint density at radius 3 is 1.34 bits per heavy atom. The number of aromatic nitrogens is 2. The number of fused-ring (bicyclic) bond motifs is 8. The van der Waals surface area contributed by atoms with Crippen LogP contribution in [0.1, 0.15) is 63.7 Å². The minimum Gasteiger partial charge on any atom is -0.349 e. The molecule has 6 aromatic rings. The normalized spacial score (nSPS) is 15.8. The van der Waals surface area contributed by atoms with Crippen molar-refractivity contribution in [2.75, 3.05) is 29.6 Å². The van der Waals surface area contributed by atoms with E-state index >= 15 is 0 Å². The molecule has 0 spiro atoms. The van der Waals surface area contributed by atoms with Crippen molar-refractivity contribution in [1.29, 1.82) is 0 Å². The molecule has 260 valence electrons. The predicted octanol–water partition coefficient (Wildman–Crippen LogP) is 4.62. The van der Waals surface area contributed by atoms with Gasteiger partial charge in [-0.15, -0.1) is 0 Å². The van der Waals surface area contributed by atoms with E-state index in [0.29, 0.717) is 78.7 Å². The minimum atomic E-state index is -0.271. The SMILES string of the molecule is C[n+]1ccc(CCN2C(=O)c3cccc4c5c(cc(c34)C2=O)N2Cc3c(cc4c6c(cccc36)C(=O)N(CCc3cc[n+](C)cc3)C4=O)N(C5)C2)cc1. The van der Waals surface area contributed by atoms with Gasteiger partial charge in [0.1, 0.15) is 14.1 Å². The number of pyridine rings is 2. The van der Waals surface area contributed by atoms with E-state index in [-0.39, 0.29) is 23.6 Å². The summed E-state index contributed by atoms with van der Waals surface area (Å²) in [5.41, 5.74) is 8.34. The molecule has 0 saturated carbocycles. The van der Waals surface area contributed by atoms with Crippen molar-refractivity contribution < 1.29 is 28.3 Å². The number of amides is 4. The third-order valence-corrected chi connectivity index (χ3v) is 11.5. The molecule has 4 amide bonds. The Balaban J connectivity index is 1.02. The molecule has 53 heavy (non-hydrogen) atoms. The minimum absolute atomic E-state index is 0.267. The highest BCUT2D eigenvalue weighted by atomic mass is 16.2. The topological polar surface area (TPSA) is 89.0 Å². The van der Waals surface area contributed by atoms with Gasteiger partial charge in [0, 0.05) is 94.8 Å². The number of hydrogen-bond acceptors (Lipinski definition) is 6. The molecular weight excluding hydrogens is 665 g/mol. The summed E-state index contributed by atoms with van der Waals surface area (Å²) in [6, 6.07) is 23.5. The fourth-order valence-corrected chi connectivity index (χ4v) is 8.71. The zero-order valence-corrected chi connectivity index (χ0v) is 29.5. The summed E-state index contributed by atoms with van der Waals surface area (Å²) in [5, 5.41) is 3.22. The van der Waals surface area contributed by atoms with E-state index in [9.17, 15) is 19.2 Å². The van der Waals surface area contributed by atoms with Crippen LogP contribution in [0.5, 0.6) is 0 Å². The van der Waals surface area contributed by atoms with Crippen molar-refractivity contribution in [3.63, 3.8) is 0 Å². The average Bonchev–Trinajstić information content (AvgIpc) is 3.17. The molecule has 0 saturated heterocycles. The predicted molar refractivity (Wildman–Crippen MR) is 199 cm³/mol. The van der Waals surface area contributed by atoms with E-state index in [2.05, 4.69) is 9.80 Å². The van der Waals surface area contributed by atoms with Gasteiger partial charge in [-0.05, 0) is 59.0 Å². The molecule has 4 aromatic carbocycles. The second-order valence-electron chi connectivity index (χ2n) is 14.6. The number of anilines is 2. The quantitative estimate of drug-likeness (QED) is 0.186. The van der Waals surface area contributed by atoms with Crippen molar-refractivity contribution in [2.24, 2.45) is 14.1 Å². The molecule has 6 heterocycles. The van der Waals surface area contributed by atoms with E-state index in [1.54, 1.807) is 0 Å². The van der Waals surface area contributed by atoms with Gasteiger partial charge >= 0.3 is 0 Å². The van der Waals surface area contributed by atoms with Gasteiger partial charge in [-0.3, -0.25) is 29.0 Å². The summed E-state index contributed by atoms with van der Waals surface area (Å²) in [5.74, 6) is -1.08. The number of carbonyl (C=O) groups excluding carboxylic acids is 4. The summed E-state index contributed by atoms with van der Waals surface area (Å²) in [6.45, 7) is 2.26. The van der Waals surface area contributed by atoms with Gasteiger partial charge in [0.15, 0.2) is 24.8 Å². The molecule has 0 fully saturated rings. The van der Waals surface area contributed by atoms with Gasteiger partial charge in [-0.1, -0.05) is 24.3 Å². The molecule has 0 atom stereocenters. The van der Waals surface area contributed by atoms with Gasteiger partial charge in [0.2, 0.25) is 0 Å². The first-order chi connectivity index (χ1) is 25.7. The average molecular weight is 701 g/mol. The summed E-state index contributed by atoms with van der Waals surface area (Å²) in [7, 11) is 3.91. The van der Waals surface area contributed by atoms with Crippen LogP contribution < -0.4 is 18.9 Å². The van der Waals surface area contributed by atoms with E-state index in [4.69, 9.17) is 0 Å². The van der Waals surface area contributed by atoms with E-state index in [0.717, 1.165) is 44.4 Å². The van der Waals surface area contributed by atoms with Crippen LogP contribution in [0.4, 0.5) is 11.4 Å². The van der Waals surface area contributed by atoms with Gasteiger partial charge in [0.05, 0.1) is 17.8 Å². The van der Waals surface area contributed by atoms with Crippen LogP contribution in [0.3, 0.4) is 0 Å². The lowest BCUT2D eigenvalue weighted by Gasteiger charge is -2.46. The molecule has 2 bridgehead atoms. The Morgan fingerprint density at radius 2 is 0.925 bits per heavy atom.